The van der Waals surface area contributed by atoms with Crippen molar-refractivity contribution in [2.45, 2.75) is 32.7 Å². The highest BCUT2D eigenvalue weighted by atomic mass is 35.5. The van der Waals surface area contributed by atoms with E-state index < -0.39 is 0 Å². The van der Waals surface area contributed by atoms with Gasteiger partial charge in [0.15, 0.2) is 0 Å². The molecule has 0 radical (unpaired) electrons. The minimum absolute atomic E-state index is 0.107. The Morgan fingerprint density at radius 3 is 2.57 bits per heavy atom. The van der Waals surface area contributed by atoms with Gasteiger partial charge in [-0.3, -0.25) is 4.79 Å². The molecule has 0 saturated heterocycles. The Morgan fingerprint density at radius 1 is 1.19 bits per heavy atom. The zero-order valence-electron chi connectivity index (χ0n) is 12.4. The van der Waals surface area contributed by atoms with Crippen molar-refractivity contribution in [3.8, 4) is 0 Å². The third-order valence-electron chi connectivity index (χ3n) is 3.46. The van der Waals surface area contributed by atoms with E-state index in [9.17, 15) is 4.79 Å². The first-order chi connectivity index (χ1) is 10.1. The van der Waals surface area contributed by atoms with Gasteiger partial charge in [0.1, 0.15) is 0 Å². The van der Waals surface area contributed by atoms with E-state index in [0.29, 0.717) is 10.6 Å². The summed E-state index contributed by atoms with van der Waals surface area (Å²) in [6.07, 6.45) is 1.85. The summed E-state index contributed by atoms with van der Waals surface area (Å²) in [7, 11) is 0. The Bertz CT molecular complexity index is 610. The van der Waals surface area contributed by atoms with E-state index in [0.717, 1.165) is 18.4 Å². The van der Waals surface area contributed by atoms with E-state index >= 15 is 0 Å². The van der Waals surface area contributed by atoms with E-state index in [1.165, 1.54) is 5.56 Å². The van der Waals surface area contributed by atoms with Crippen molar-refractivity contribution in [1.82, 2.24) is 5.32 Å². The largest absolute Gasteiger partial charge is 0.350 e. The minimum atomic E-state index is -0.111. The summed E-state index contributed by atoms with van der Waals surface area (Å²) in [4.78, 5) is 12.2. The molecule has 1 atom stereocenters. The summed E-state index contributed by atoms with van der Waals surface area (Å²) in [5, 5.41) is 3.51. The molecule has 0 aliphatic carbocycles. The topological polar surface area (TPSA) is 29.1 Å². The van der Waals surface area contributed by atoms with Crippen LogP contribution in [-0.4, -0.2) is 11.9 Å². The molecular formula is C18H20ClNO. The minimum Gasteiger partial charge on any atom is -0.350 e. The highest BCUT2D eigenvalue weighted by Crippen LogP contribution is 2.17. The lowest BCUT2D eigenvalue weighted by atomic mass is 10.1. The van der Waals surface area contributed by atoms with Crippen molar-refractivity contribution < 1.29 is 4.79 Å². The van der Waals surface area contributed by atoms with Crippen LogP contribution in [0.25, 0.3) is 0 Å². The van der Waals surface area contributed by atoms with Crippen LogP contribution in [0.5, 0.6) is 0 Å². The Morgan fingerprint density at radius 2 is 1.90 bits per heavy atom. The van der Waals surface area contributed by atoms with Crippen LogP contribution >= 0.6 is 11.6 Å². The van der Waals surface area contributed by atoms with Crippen LogP contribution in [0.1, 0.15) is 34.8 Å². The number of carbonyl (C=O) groups excluding carboxylic acids is 1. The van der Waals surface area contributed by atoms with Gasteiger partial charge in [-0.2, -0.15) is 0 Å². The molecule has 0 unspecified atom stereocenters. The molecular weight excluding hydrogens is 282 g/mol. The second kappa shape index (κ2) is 7.28. The van der Waals surface area contributed by atoms with E-state index in [-0.39, 0.29) is 11.9 Å². The van der Waals surface area contributed by atoms with Crippen LogP contribution in [0.2, 0.25) is 5.02 Å². The molecule has 110 valence electrons. The molecule has 2 rings (SSSR count). The summed E-state index contributed by atoms with van der Waals surface area (Å²) in [5.74, 6) is -0.111. The van der Waals surface area contributed by atoms with E-state index in [1.54, 1.807) is 6.07 Å². The predicted octanol–water partition coefficient (Wildman–Crippen LogP) is 4.40. The fourth-order valence-corrected chi connectivity index (χ4v) is 2.53. The SMILES string of the molecule is Cc1ccc(C(=O)N[C@@H](C)CCc2ccccc2)c(Cl)c1. The van der Waals surface area contributed by atoms with Gasteiger partial charge in [-0.15, -0.1) is 0 Å². The average Bonchev–Trinajstić information content (AvgIpc) is 2.46. The van der Waals surface area contributed by atoms with Crippen LogP contribution in [-0.2, 0) is 6.42 Å². The quantitative estimate of drug-likeness (QED) is 0.871. The van der Waals surface area contributed by atoms with Gasteiger partial charge in [0.05, 0.1) is 10.6 Å². The summed E-state index contributed by atoms with van der Waals surface area (Å²) < 4.78 is 0. The second-order valence-electron chi connectivity index (χ2n) is 5.38. The molecule has 0 heterocycles. The molecule has 0 aliphatic rings. The maximum Gasteiger partial charge on any atom is 0.252 e. The fraction of sp³-hybridized carbons (Fsp3) is 0.278. The molecule has 0 aromatic heterocycles. The van der Waals surface area contributed by atoms with Gasteiger partial charge in [-0.05, 0) is 49.9 Å². The molecule has 1 N–H and O–H groups in total. The van der Waals surface area contributed by atoms with Gasteiger partial charge < -0.3 is 5.32 Å². The maximum atomic E-state index is 12.2. The first-order valence-electron chi connectivity index (χ1n) is 7.17. The lowest BCUT2D eigenvalue weighted by Gasteiger charge is -2.14. The third kappa shape index (κ3) is 4.61. The van der Waals surface area contributed by atoms with Gasteiger partial charge in [-0.25, -0.2) is 0 Å². The Balaban J connectivity index is 1.90. The summed E-state index contributed by atoms with van der Waals surface area (Å²) >= 11 is 6.12. The van der Waals surface area contributed by atoms with Crippen LogP contribution in [0.15, 0.2) is 48.5 Å². The van der Waals surface area contributed by atoms with Crippen molar-refractivity contribution in [3.63, 3.8) is 0 Å². The zero-order chi connectivity index (χ0) is 15.2. The molecule has 2 nitrogen and oxygen atoms in total. The fourth-order valence-electron chi connectivity index (χ4n) is 2.21. The first-order valence-corrected chi connectivity index (χ1v) is 7.55. The zero-order valence-corrected chi connectivity index (χ0v) is 13.2. The number of nitrogens with one attached hydrogen (secondary N) is 1. The predicted molar refractivity (Wildman–Crippen MR) is 87.9 cm³/mol. The molecule has 0 saturated carbocycles. The molecule has 2 aromatic rings. The molecule has 0 spiro atoms. The lowest BCUT2D eigenvalue weighted by molar-refractivity contribution is 0.0938. The number of amides is 1. The summed E-state index contributed by atoms with van der Waals surface area (Å²) in [5.41, 5.74) is 2.87. The monoisotopic (exact) mass is 301 g/mol. The van der Waals surface area contributed by atoms with E-state index in [4.69, 9.17) is 11.6 Å². The van der Waals surface area contributed by atoms with Crippen molar-refractivity contribution >= 4 is 17.5 Å². The molecule has 0 fully saturated rings. The summed E-state index contributed by atoms with van der Waals surface area (Å²) in [6.45, 7) is 3.97. The van der Waals surface area contributed by atoms with Crippen molar-refractivity contribution in [2.24, 2.45) is 0 Å². The standard InChI is InChI=1S/C18H20ClNO/c1-13-8-11-16(17(19)12-13)18(21)20-14(2)9-10-15-6-4-3-5-7-15/h3-8,11-12,14H,9-10H2,1-2H3,(H,20,21)/t14-/m0/s1. The number of hydrogen-bond acceptors (Lipinski definition) is 1. The van der Waals surface area contributed by atoms with Crippen molar-refractivity contribution in [1.29, 1.82) is 0 Å². The maximum absolute atomic E-state index is 12.2. The third-order valence-corrected chi connectivity index (χ3v) is 3.77. The number of benzene rings is 2. The molecule has 2 aromatic carbocycles. The number of aryl methyl sites for hydroxylation is 2. The first kappa shape index (κ1) is 15.6. The summed E-state index contributed by atoms with van der Waals surface area (Å²) in [6, 6.07) is 15.9. The van der Waals surface area contributed by atoms with Gasteiger partial charge in [0, 0.05) is 6.04 Å². The Hall–Kier alpha value is -1.80. The number of hydrogen-bond donors (Lipinski definition) is 1. The Labute approximate surface area is 131 Å². The highest BCUT2D eigenvalue weighted by molar-refractivity contribution is 6.33. The van der Waals surface area contributed by atoms with Crippen molar-refractivity contribution in [2.75, 3.05) is 0 Å². The van der Waals surface area contributed by atoms with Crippen LogP contribution in [0.4, 0.5) is 0 Å². The average molecular weight is 302 g/mol. The molecule has 21 heavy (non-hydrogen) atoms. The Kier molecular flexibility index (Phi) is 5.40. The number of rotatable bonds is 5. The van der Waals surface area contributed by atoms with Gasteiger partial charge in [0.25, 0.3) is 5.91 Å². The number of halogens is 1. The number of carbonyl (C=O) groups is 1. The van der Waals surface area contributed by atoms with E-state index in [1.807, 2.05) is 44.2 Å². The van der Waals surface area contributed by atoms with Gasteiger partial charge in [-0.1, -0.05) is 48.0 Å². The molecule has 3 heteroatoms. The van der Waals surface area contributed by atoms with E-state index in [2.05, 4.69) is 17.4 Å². The lowest BCUT2D eigenvalue weighted by Crippen LogP contribution is -2.33. The smallest absolute Gasteiger partial charge is 0.252 e. The highest BCUT2D eigenvalue weighted by Gasteiger charge is 2.13. The van der Waals surface area contributed by atoms with Crippen LogP contribution in [0.3, 0.4) is 0 Å². The van der Waals surface area contributed by atoms with Crippen LogP contribution in [0, 0.1) is 6.92 Å². The molecule has 1 amide bonds. The van der Waals surface area contributed by atoms with Crippen molar-refractivity contribution in [3.05, 3.63) is 70.2 Å². The molecule has 0 aliphatic heterocycles. The van der Waals surface area contributed by atoms with Gasteiger partial charge in [0.2, 0.25) is 0 Å². The second-order valence-corrected chi connectivity index (χ2v) is 5.79. The molecule has 0 bridgehead atoms. The van der Waals surface area contributed by atoms with Gasteiger partial charge >= 0.3 is 0 Å². The normalized spacial score (nSPS) is 12.0. The van der Waals surface area contributed by atoms with Crippen LogP contribution < -0.4 is 5.32 Å².